The van der Waals surface area contributed by atoms with E-state index in [1.54, 1.807) is 0 Å². The average molecular weight is 195 g/mol. The normalized spacial score (nSPS) is 20.7. The molecule has 80 valence electrons. The molecule has 0 aromatic heterocycles. The summed E-state index contributed by atoms with van der Waals surface area (Å²) in [5.74, 6) is 0. The van der Waals surface area contributed by atoms with Crippen LogP contribution in [0.3, 0.4) is 0 Å². The lowest BCUT2D eigenvalue weighted by atomic mass is 10.1. The molecule has 0 bridgehead atoms. The van der Waals surface area contributed by atoms with Gasteiger partial charge in [0.1, 0.15) is 6.04 Å². The van der Waals surface area contributed by atoms with E-state index in [2.05, 4.69) is 37.1 Å². The number of nitrogens with one attached hydrogen (secondary N) is 1. The highest BCUT2D eigenvalue weighted by atomic mass is 15.2. The SMILES string of the molecule is CC(C)(C)NC(C#N)CN1CCCC1. The lowest BCUT2D eigenvalue weighted by Crippen LogP contribution is -2.48. The van der Waals surface area contributed by atoms with Gasteiger partial charge in [-0.2, -0.15) is 5.26 Å². The molecule has 3 heteroatoms. The molecule has 1 unspecified atom stereocenters. The molecule has 0 amide bonds. The van der Waals surface area contributed by atoms with Crippen molar-refractivity contribution in [2.45, 2.75) is 45.2 Å². The van der Waals surface area contributed by atoms with Gasteiger partial charge in [0.15, 0.2) is 0 Å². The Hall–Kier alpha value is -0.590. The van der Waals surface area contributed by atoms with Crippen LogP contribution in [-0.2, 0) is 0 Å². The summed E-state index contributed by atoms with van der Waals surface area (Å²) >= 11 is 0. The molecular formula is C11H21N3. The smallest absolute Gasteiger partial charge is 0.108 e. The van der Waals surface area contributed by atoms with Crippen LogP contribution in [0.4, 0.5) is 0 Å². The minimum absolute atomic E-state index is 0.0279. The lowest BCUT2D eigenvalue weighted by Gasteiger charge is -2.27. The Labute approximate surface area is 87.1 Å². The molecule has 1 heterocycles. The van der Waals surface area contributed by atoms with E-state index in [0.29, 0.717) is 0 Å². The summed E-state index contributed by atoms with van der Waals surface area (Å²) in [4.78, 5) is 2.37. The van der Waals surface area contributed by atoms with Gasteiger partial charge < -0.3 is 4.90 Å². The zero-order valence-electron chi connectivity index (χ0n) is 9.51. The highest BCUT2D eigenvalue weighted by Gasteiger charge is 2.20. The Morgan fingerprint density at radius 1 is 1.36 bits per heavy atom. The first-order valence-corrected chi connectivity index (χ1v) is 5.41. The van der Waals surface area contributed by atoms with Crippen LogP contribution in [0.15, 0.2) is 0 Å². The molecule has 0 saturated carbocycles. The summed E-state index contributed by atoms with van der Waals surface area (Å²) in [5.41, 5.74) is 0.0279. The van der Waals surface area contributed by atoms with Crippen LogP contribution in [0, 0.1) is 11.3 Å². The first-order valence-electron chi connectivity index (χ1n) is 5.41. The lowest BCUT2D eigenvalue weighted by molar-refractivity contribution is 0.284. The topological polar surface area (TPSA) is 39.1 Å². The molecule has 3 nitrogen and oxygen atoms in total. The van der Waals surface area contributed by atoms with Crippen LogP contribution in [0.5, 0.6) is 0 Å². The predicted octanol–water partition coefficient (Wildman–Crippen LogP) is 1.36. The van der Waals surface area contributed by atoms with Crippen LogP contribution in [-0.4, -0.2) is 36.1 Å². The second-order valence-electron chi connectivity index (χ2n) is 5.08. The van der Waals surface area contributed by atoms with Gasteiger partial charge in [-0.05, 0) is 46.7 Å². The maximum atomic E-state index is 9.01. The number of hydrogen-bond acceptors (Lipinski definition) is 3. The monoisotopic (exact) mass is 195 g/mol. The van der Waals surface area contributed by atoms with E-state index in [-0.39, 0.29) is 11.6 Å². The number of hydrogen-bond donors (Lipinski definition) is 1. The first-order chi connectivity index (χ1) is 6.51. The van der Waals surface area contributed by atoms with Crippen molar-refractivity contribution < 1.29 is 0 Å². The summed E-state index contributed by atoms with van der Waals surface area (Å²) in [6.07, 6.45) is 2.57. The van der Waals surface area contributed by atoms with E-state index in [1.807, 2.05) is 0 Å². The maximum Gasteiger partial charge on any atom is 0.108 e. The average Bonchev–Trinajstić information content (AvgIpc) is 2.53. The molecule has 0 radical (unpaired) electrons. The molecule has 1 saturated heterocycles. The second-order valence-corrected chi connectivity index (χ2v) is 5.08. The Balaban J connectivity index is 2.35. The molecule has 1 N–H and O–H groups in total. The van der Waals surface area contributed by atoms with E-state index in [9.17, 15) is 0 Å². The fourth-order valence-electron chi connectivity index (χ4n) is 1.86. The van der Waals surface area contributed by atoms with E-state index in [0.717, 1.165) is 19.6 Å². The molecule has 0 aromatic rings. The third-order valence-corrected chi connectivity index (χ3v) is 2.40. The Bertz CT molecular complexity index is 206. The van der Waals surface area contributed by atoms with Crippen LogP contribution >= 0.6 is 0 Å². The summed E-state index contributed by atoms with van der Waals surface area (Å²) in [7, 11) is 0. The van der Waals surface area contributed by atoms with Gasteiger partial charge in [-0.3, -0.25) is 5.32 Å². The summed E-state index contributed by atoms with van der Waals surface area (Å²) in [5, 5.41) is 12.3. The third-order valence-electron chi connectivity index (χ3n) is 2.40. The summed E-state index contributed by atoms with van der Waals surface area (Å²) in [6.45, 7) is 9.48. The predicted molar refractivity (Wildman–Crippen MR) is 58.0 cm³/mol. The van der Waals surface area contributed by atoms with Gasteiger partial charge in [-0.15, -0.1) is 0 Å². The first kappa shape index (κ1) is 11.5. The van der Waals surface area contributed by atoms with Gasteiger partial charge >= 0.3 is 0 Å². The van der Waals surface area contributed by atoms with E-state index in [1.165, 1.54) is 12.8 Å². The van der Waals surface area contributed by atoms with Crippen molar-refractivity contribution in [1.29, 1.82) is 5.26 Å². The van der Waals surface area contributed by atoms with Gasteiger partial charge in [-0.25, -0.2) is 0 Å². The molecule has 0 spiro atoms. The van der Waals surface area contributed by atoms with Crippen LogP contribution in [0.1, 0.15) is 33.6 Å². The zero-order chi connectivity index (χ0) is 10.6. The Morgan fingerprint density at radius 2 is 1.93 bits per heavy atom. The molecule has 1 aliphatic rings. The fourth-order valence-corrected chi connectivity index (χ4v) is 1.86. The van der Waals surface area contributed by atoms with E-state index < -0.39 is 0 Å². The highest BCUT2D eigenvalue weighted by molar-refractivity contribution is 4.96. The minimum atomic E-state index is -0.0342. The van der Waals surface area contributed by atoms with Crippen molar-refractivity contribution in [3.63, 3.8) is 0 Å². The molecule has 14 heavy (non-hydrogen) atoms. The number of likely N-dealkylation sites (tertiary alicyclic amines) is 1. The molecule has 1 atom stereocenters. The van der Waals surface area contributed by atoms with Crippen molar-refractivity contribution in [3.05, 3.63) is 0 Å². The molecule has 1 rings (SSSR count). The number of rotatable bonds is 3. The van der Waals surface area contributed by atoms with Gasteiger partial charge in [0.05, 0.1) is 6.07 Å². The van der Waals surface area contributed by atoms with Gasteiger partial charge in [-0.1, -0.05) is 0 Å². The number of nitriles is 1. The quantitative estimate of drug-likeness (QED) is 0.739. The largest absolute Gasteiger partial charge is 0.301 e. The molecule has 0 aliphatic carbocycles. The fraction of sp³-hybridized carbons (Fsp3) is 0.909. The van der Waals surface area contributed by atoms with Gasteiger partial charge in [0.25, 0.3) is 0 Å². The minimum Gasteiger partial charge on any atom is -0.301 e. The van der Waals surface area contributed by atoms with Gasteiger partial charge in [0.2, 0.25) is 0 Å². The van der Waals surface area contributed by atoms with Crippen molar-refractivity contribution in [3.8, 4) is 6.07 Å². The highest BCUT2D eigenvalue weighted by Crippen LogP contribution is 2.09. The molecular weight excluding hydrogens is 174 g/mol. The summed E-state index contributed by atoms with van der Waals surface area (Å²) < 4.78 is 0. The summed E-state index contributed by atoms with van der Waals surface area (Å²) in [6, 6.07) is 2.30. The zero-order valence-corrected chi connectivity index (χ0v) is 9.51. The van der Waals surface area contributed by atoms with Gasteiger partial charge in [0, 0.05) is 12.1 Å². The molecule has 1 aliphatic heterocycles. The van der Waals surface area contributed by atoms with Crippen molar-refractivity contribution in [2.24, 2.45) is 0 Å². The van der Waals surface area contributed by atoms with Crippen LogP contribution in [0.25, 0.3) is 0 Å². The second kappa shape index (κ2) is 4.77. The van der Waals surface area contributed by atoms with Crippen LogP contribution < -0.4 is 5.32 Å². The van der Waals surface area contributed by atoms with E-state index in [4.69, 9.17) is 5.26 Å². The molecule has 0 aromatic carbocycles. The Morgan fingerprint density at radius 3 is 2.36 bits per heavy atom. The third kappa shape index (κ3) is 4.08. The maximum absolute atomic E-state index is 9.01. The molecule has 1 fully saturated rings. The number of nitrogens with zero attached hydrogens (tertiary/aromatic N) is 2. The Kier molecular flexibility index (Phi) is 3.91. The van der Waals surface area contributed by atoms with E-state index >= 15 is 0 Å². The van der Waals surface area contributed by atoms with Crippen molar-refractivity contribution >= 4 is 0 Å². The van der Waals surface area contributed by atoms with Crippen molar-refractivity contribution in [2.75, 3.05) is 19.6 Å². The van der Waals surface area contributed by atoms with Crippen molar-refractivity contribution in [1.82, 2.24) is 10.2 Å². The standard InChI is InChI=1S/C11H21N3/c1-11(2,3)13-10(8-12)9-14-6-4-5-7-14/h10,13H,4-7,9H2,1-3H3. The van der Waals surface area contributed by atoms with Crippen LogP contribution in [0.2, 0.25) is 0 Å².